The van der Waals surface area contributed by atoms with E-state index in [0.29, 0.717) is 6.07 Å². The quantitative estimate of drug-likeness (QED) is 0.838. The number of methoxy groups -OCH3 is 1. The van der Waals surface area contributed by atoms with Crippen LogP contribution in [0.1, 0.15) is 18.5 Å². The van der Waals surface area contributed by atoms with Crippen LogP contribution < -0.4 is 10.1 Å². The molecule has 0 saturated carbocycles. The normalized spacial score (nSPS) is 14.2. The predicted molar refractivity (Wildman–Crippen MR) is 60.4 cm³/mol. The summed E-state index contributed by atoms with van der Waals surface area (Å²) >= 11 is 0. The van der Waals surface area contributed by atoms with Gasteiger partial charge in [0.25, 0.3) is 0 Å². The maximum atomic E-state index is 13.5. The van der Waals surface area contributed by atoms with Crippen molar-refractivity contribution in [2.45, 2.75) is 25.1 Å². The summed E-state index contributed by atoms with van der Waals surface area (Å²) in [6.45, 7) is 1.24. The summed E-state index contributed by atoms with van der Waals surface area (Å²) < 4.78 is 82.2. The Morgan fingerprint density at radius 3 is 2.20 bits per heavy atom. The average molecular weight is 301 g/mol. The van der Waals surface area contributed by atoms with Crippen molar-refractivity contribution in [1.29, 1.82) is 0 Å². The molecule has 0 aliphatic carbocycles. The minimum Gasteiger partial charge on any atom is -0.494 e. The molecule has 1 aromatic rings. The number of hydrogen-bond acceptors (Lipinski definition) is 2. The molecule has 0 heterocycles. The van der Waals surface area contributed by atoms with E-state index in [9.17, 15) is 26.3 Å². The summed E-state index contributed by atoms with van der Waals surface area (Å²) in [5.41, 5.74) is -0.507. The van der Waals surface area contributed by atoms with Gasteiger partial charge in [0, 0.05) is 0 Å². The molecule has 114 valence electrons. The third-order valence-electron chi connectivity index (χ3n) is 2.66. The van der Waals surface area contributed by atoms with Gasteiger partial charge in [0.1, 0.15) is 6.04 Å². The molecule has 20 heavy (non-hydrogen) atoms. The Morgan fingerprint density at radius 1 is 1.20 bits per heavy atom. The molecule has 1 unspecified atom stereocenters. The van der Waals surface area contributed by atoms with E-state index < -0.39 is 29.5 Å². The zero-order chi connectivity index (χ0) is 15.6. The molecular weight excluding hydrogens is 288 g/mol. The van der Waals surface area contributed by atoms with Gasteiger partial charge in [-0.1, -0.05) is 13.0 Å². The number of halogens is 6. The fourth-order valence-electron chi connectivity index (χ4n) is 1.69. The number of ether oxygens (including phenoxy) is 1. The highest BCUT2D eigenvalue weighted by molar-refractivity contribution is 5.32. The fraction of sp³-hybridized carbons (Fsp3) is 0.500. The Kier molecular flexibility index (Phi) is 4.90. The average Bonchev–Trinajstić information content (AvgIpc) is 2.34. The van der Waals surface area contributed by atoms with Crippen LogP contribution in [-0.2, 0) is 0 Å². The van der Waals surface area contributed by atoms with Crippen LogP contribution in [0.2, 0.25) is 0 Å². The second kappa shape index (κ2) is 5.90. The van der Waals surface area contributed by atoms with Crippen molar-refractivity contribution in [3.05, 3.63) is 29.6 Å². The molecule has 0 saturated heterocycles. The number of rotatable bonds is 5. The topological polar surface area (TPSA) is 21.3 Å². The van der Waals surface area contributed by atoms with E-state index in [1.54, 1.807) is 0 Å². The van der Waals surface area contributed by atoms with E-state index in [0.717, 1.165) is 19.2 Å². The number of nitrogens with one attached hydrogen (secondary N) is 1. The second-order valence-electron chi connectivity index (χ2n) is 4.01. The minimum absolute atomic E-state index is 0.135. The van der Waals surface area contributed by atoms with Gasteiger partial charge in [-0.3, -0.25) is 0 Å². The van der Waals surface area contributed by atoms with Crippen LogP contribution in [0.4, 0.5) is 26.3 Å². The summed E-state index contributed by atoms with van der Waals surface area (Å²) in [5, 5.41) is 2.03. The molecule has 0 radical (unpaired) electrons. The van der Waals surface area contributed by atoms with E-state index in [2.05, 4.69) is 4.74 Å². The highest BCUT2D eigenvalue weighted by Gasteiger charge is 2.62. The molecule has 2 nitrogen and oxygen atoms in total. The Hall–Kier alpha value is -1.44. The summed E-state index contributed by atoms with van der Waals surface area (Å²) in [6.07, 6.45) is -5.74. The summed E-state index contributed by atoms with van der Waals surface area (Å²) in [5.74, 6) is -6.27. The first-order valence-corrected chi connectivity index (χ1v) is 5.66. The van der Waals surface area contributed by atoms with Crippen molar-refractivity contribution in [2.24, 2.45) is 0 Å². The maximum Gasteiger partial charge on any atom is 0.455 e. The Morgan fingerprint density at radius 2 is 1.80 bits per heavy atom. The summed E-state index contributed by atoms with van der Waals surface area (Å²) in [7, 11) is 1.16. The molecule has 0 bridgehead atoms. The standard InChI is InChI=1S/C12H13F6NO/c1-3-19-10(11(14,15)12(16,17)18)7-4-5-9(20-2)8(13)6-7/h4-6,10,19H,3H2,1-2H3. The zero-order valence-corrected chi connectivity index (χ0v) is 10.7. The highest BCUT2D eigenvalue weighted by Crippen LogP contribution is 2.44. The van der Waals surface area contributed by atoms with Gasteiger partial charge in [0.15, 0.2) is 11.6 Å². The molecule has 0 fully saturated rings. The molecule has 0 spiro atoms. The van der Waals surface area contributed by atoms with Gasteiger partial charge < -0.3 is 10.1 Å². The Balaban J connectivity index is 3.24. The zero-order valence-electron chi connectivity index (χ0n) is 10.7. The summed E-state index contributed by atoms with van der Waals surface area (Å²) in [6, 6.07) is 0.204. The lowest BCUT2D eigenvalue weighted by Crippen LogP contribution is -2.48. The number of alkyl halides is 5. The molecule has 1 aromatic carbocycles. The second-order valence-corrected chi connectivity index (χ2v) is 4.01. The molecule has 8 heteroatoms. The van der Waals surface area contributed by atoms with Crippen LogP contribution in [0, 0.1) is 5.82 Å². The van der Waals surface area contributed by atoms with Crippen molar-refractivity contribution >= 4 is 0 Å². The van der Waals surface area contributed by atoms with Crippen LogP contribution in [0.25, 0.3) is 0 Å². The molecule has 0 aliphatic rings. The van der Waals surface area contributed by atoms with Crippen molar-refractivity contribution < 1.29 is 31.1 Å². The van der Waals surface area contributed by atoms with E-state index in [1.165, 1.54) is 6.92 Å². The van der Waals surface area contributed by atoms with Crippen molar-refractivity contribution in [2.75, 3.05) is 13.7 Å². The van der Waals surface area contributed by atoms with E-state index >= 15 is 0 Å². The van der Waals surface area contributed by atoms with Crippen molar-refractivity contribution in [3.63, 3.8) is 0 Å². The van der Waals surface area contributed by atoms with Gasteiger partial charge in [-0.05, 0) is 24.2 Å². The van der Waals surface area contributed by atoms with Crippen LogP contribution in [0.5, 0.6) is 5.75 Å². The van der Waals surface area contributed by atoms with Gasteiger partial charge in [-0.2, -0.15) is 22.0 Å². The maximum absolute atomic E-state index is 13.5. The largest absolute Gasteiger partial charge is 0.494 e. The fourth-order valence-corrected chi connectivity index (χ4v) is 1.69. The molecule has 0 amide bonds. The minimum atomic E-state index is -5.74. The highest BCUT2D eigenvalue weighted by atomic mass is 19.4. The lowest BCUT2D eigenvalue weighted by atomic mass is 9.99. The first-order chi connectivity index (χ1) is 9.15. The smallest absolute Gasteiger partial charge is 0.455 e. The van der Waals surface area contributed by atoms with E-state index in [-0.39, 0.29) is 12.3 Å². The molecule has 0 aliphatic heterocycles. The first-order valence-electron chi connectivity index (χ1n) is 5.66. The number of hydrogen-bond donors (Lipinski definition) is 1. The number of benzene rings is 1. The van der Waals surface area contributed by atoms with Gasteiger partial charge in [-0.15, -0.1) is 0 Å². The third kappa shape index (κ3) is 3.17. The monoisotopic (exact) mass is 301 g/mol. The summed E-state index contributed by atoms with van der Waals surface area (Å²) in [4.78, 5) is 0. The van der Waals surface area contributed by atoms with Crippen molar-refractivity contribution in [3.8, 4) is 5.75 Å². The van der Waals surface area contributed by atoms with Gasteiger partial charge >= 0.3 is 12.1 Å². The Bertz CT molecular complexity index is 460. The SMILES string of the molecule is CCNC(c1ccc(OC)c(F)c1)C(F)(F)C(F)(F)F. The molecule has 1 rings (SSSR count). The lowest BCUT2D eigenvalue weighted by molar-refractivity contribution is -0.294. The Labute approximate surface area is 111 Å². The van der Waals surface area contributed by atoms with Gasteiger partial charge in [0.05, 0.1) is 7.11 Å². The van der Waals surface area contributed by atoms with Crippen molar-refractivity contribution in [1.82, 2.24) is 5.32 Å². The van der Waals surface area contributed by atoms with Crippen LogP contribution in [-0.4, -0.2) is 25.8 Å². The van der Waals surface area contributed by atoms with E-state index in [1.807, 2.05) is 5.32 Å². The third-order valence-corrected chi connectivity index (χ3v) is 2.66. The lowest BCUT2D eigenvalue weighted by Gasteiger charge is -2.29. The molecule has 0 aromatic heterocycles. The van der Waals surface area contributed by atoms with Crippen LogP contribution in [0.3, 0.4) is 0 Å². The van der Waals surface area contributed by atoms with Crippen LogP contribution >= 0.6 is 0 Å². The van der Waals surface area contributed by atoms with Gasteiger partial charge in [0.2, 0.25) is 0 Å². The first kappa shape index (κ1) is 16.6. The molecule has 1 N–H and O–H groups in total. The van der Waals surface area contributed by atoms with E-state index in [4.69, 9.17) is 0 Å². The van der Waals surface area contributed by atoms with Gasteiger partial charge in [-0.25, -0.2) is 4.39 Å². The molecular formula is C12H13F6NO. The van der Waals surface area contributed by atoms with Crippen LogP contribution in [0.15, 0.2) is 18.2 Å². The predicted octanol–water partition coefficient (Wildman–Crippen LogP) is 3.68. The molecule has 1 atom stereocenters.